The van der Waals surface area contributed by atoms with Gasteiger partial charge in [0.15, 0.2) is 0 Å². The lowest BCUT2D eigenvalue weighted by Gasteiger charge is -2.32. The van der Waals surface area contributed by atoms with Crippen molar-refractivity contribution in [2.24, 2.45) is 0 Å². The number of amides is 2. The smallest absolute Gasteiger partial charge is 0.242 e. The summed E-state index contributed by atoms with van der Waals surface area (Å²) in [4.78, 5) is 27.8. The number of hydrogen-bond donors (Lipinski definition) is 1. The molecule has 0 aliphatic heterocycles. The van der Waals surface area contributed by atoms with Crippen molar-refractivity contribution < 1.29 is 22.7 Å². The van der Waals surface area contributed by atoms with Gasteiger partial charge in [-0.3, -0.25) is 13.9 Å². The first-order valence-corrected chi connectivity index (χ1v) is 13.9. The van der Waals surface area contributed by atoms with Gasteiger partial charge in [-0.1, -0.05) is 42.0 Å². The minimum atomic E-state index is -3.61. The van der Waals surface area contributed by atoms with E-state index in [4.69, 9.17) is 4.74 Å². The molecule has 198 valence electrons. The van der Waals surface area contributed by atoms with Gasteiger partial charge in [0.2, 0.25) is 21.8 Å². The van der Waals surface area contributed by atoms with Crippen LogP contribution in [-0.2, 0) is 26.2 Å². The number of benzene rings is 2. The molecule has 0 aromatic heterocycles. The van der Waals surface area contributed by atoms with E-state index >= 15 is 0 Å². The lowest BCUT2D eigenvalue weighted by atomic mass is 10.1. The van der Waals surface area contributed by atoms with Crippen LogP contribution in [0.1, 0.15) is 51.7 Å². The summed E-state index contributed by atoms with van der Waals surface area (Å²) in [5, 5.41) is 2.94. The summed E-state index contributed by atoms with van der Waals surface area (Å²) in [6, 6.07) is 14.0. The maximum absolute atomic E-state index is 13.4. The fourth-order valence-corrected chi connectivity index (χ4v) is 4.73. The highest BCUT2D eigenvalue weighted by molar-refractivity contribution is 7.92. The number of para-hydroxylation sites is 2. The third-order valence-electron chi connectivity index (χ3n) is 5.65. The van der Waals surface area contributed by atoms with Crippen LogP contribution in [0.15, 0.2) is 48.5 Å². The Morgan fingerprint density at radius 1 is 1.06 bits per heavy atom. The first-order chi connectivity index (χ1) is 16.7. The van der Waals surface area contributed by atoms with Crippen LogP contribution in [0, 0.1) is 6.92 Å². The molecule has 2 aromatic carbocycles. The number of nitrogens with zero attached hydrogens (tertiary/aromatic N) is 2. The quantitative estimate of drug-likeness (QED) is 0.488. The molecular formula is C27H39N3O5S. The molecule has 2 amide bonds. The van der Waals surface area contributed by atoms with Crippen molar-refractivity contribution in [3.05, 3.63) is 59.7 Å². The summed E-state index contributed by atoms with van der Waals surface area (Å²) in [5.41, 5.74) is 2.00. The minimum absolute atomic E-state index is 0.0835. The first kappa shape index (κ1) is 29.2. The van der Waals surface area contributed by atoms with E-state index in [9.17, 15) is 18.0 Å². The standard InChI is InChI=1S/C27H39N3O5S/c1-20-14-16-22(17-15-20)19-29(21(2)26(32)28-27(3,4)5)25(31)13-10-18-30(36(7,33)34)23-11-8-9-12-24(23)35-6/h8-9,11-12,14-17,21H,10,13,18-19H2,1-7H3,(H,28,32). The van der Waals surface area contributed by atoms with E-state index in [1.807, 2.05) is 52.0 Å². The van der Waals surface area contributed by atoms with Gasteiger partial charge >= 0.3 is 0 Å². The van der Waals surface area contributed by atoms with E-state index in [1.165, 1.54) is 11.4 Å². The molecule has 8 nitrogen and oxygen atoms in total. The fourth-order valence-electron chi connectivity index (χ4n) is 3.77. The molecule has 0 aliphatic rings. The van der Waals surface area contributed by atoms with E-state index in [0.29, 0.717) is 11.4 Å². The average Bonchev–Trinajstić information content (AvgIpc) is 2.79. The Balaban J connectivity index is 2.21. The lowest BCUT2D eigenvalue weighted by molar-refractivity contribution is -0.141. The van der Waals surface area contributed by atoms with Gasteiger partial charge in [0.05, 0.1) is 19.1 Å². The molecule has 2 aromatic rings. The van der Waals surface area contributed by atoms with Gasteiger partial charge in [-0.25, -0.2) is 8.42 Å². The van der Waals surface area contributed by atoms with Crippen LogP contribution in [0.4, 0.5) is 5.69 Å². The molecule has 1 atom stereocenters. The molecule has 9 heteroatoms. The number of ether oxygens (including phenoxy) is 1. The Kier molecular flexibility index (Phi) is 9.93. The molecule has 0 bridgehead atoms. The summed E-state index contributed by atoms with van der Waals surface area (Å²) >= 11 is 0. The van der Waals surface area contributed by atoms with Crippen molar-refractivity contribution in [3.8, 4) is 5.75 Å². The molecule has 0 saturated carbocycles. The Morgan fingerprint density at radius 2 is 1.67 bits per heavy atom. The molecule has 0 radical (unpaired) electrons. The van der Waals surface area contributed by atoms with E-state index in [1.54, 1.807) is 36.1 Å². The van der Waals surface area contributed by atoms with Crippen LogP contribution in [-0.4, -0.2) is 56.6 Å². The van der Waals surface area contributed by atoms with E-state index in [0.717, 1.165) is 17.4 Å². The van der Waals surface area contributed by atoms with Crippen molar-refractivity contribution in [3.63, 3.8) is 0 Å². The van der Waals surface area contributed by atoms with Crippen molar-refractivity contribution in [1.82, 2.24) is 10.2 Å². The molecule has 0 saturated heterocycles. The molecular weight excluding hydrogens is 478 g/mol. The monoisotopic (exact) mass is 517 g/mol. The Morgan fingerprint density at radius 3 is 2.22 bits per heavy atom. The van der Waals surface area contributed by atoms with E-state index in [2.05, 4.69) is 5.32 Å². The summed E-state index contributed by atoms with van der Waals surface area (Å²) in [6.45, 7) is 9.75. The van der Waals surface area contributed by atoms with Crippen molar-refractivity contribution in [2.45, 2.75) is 65.6 Å². The zero-order valence-corrected chi connectivity index (χ0v) is 23.2. The Labute approximate surface area is 215 Å². The summed E-state index contributed by atoms with van der Waals surface area (Å²) in [6.07, 6.45) is 1.49. The number of methoxy groups -OCH3 is 1. The van der Waals surface area contributed by atoms with Crippen molar-refractivity contribution in [2.75, 3.05) is 24.2 Å². The van der Waals surface area contributed by atoms with Crippen LogP contribution in [0.2, 0.25) is 0 Å². The number of nitrogens with one attached hydrogen (secondary N) is 1. The van der Waals surface area contributed by atoms with E-state index in [-0.39, 0.29) is 37.7 Å². The summed E-state index contributed by atoms with van der Waals surface area (Å²) in [7, 11) is -2.13. The Hall–Kier alpha value is -3.07. The number of rotatable bonds is 11. The van der Waals surface area contributed by atoms with Gasteiger partial charge in [-0.2, -0.15) is 0 Å². The topological polar surface area (TPSA) is 96.0 Å². The zero-order valence-electron chi connectivity index (χ0n) is 22.4. The molecule has 2 rings (SSSR count). The number of hydrogen-bond acceptors (Lipinski definition) is 5. The maximum atomic E-state index is 13.4. The highest BCUT2D eigenvalue weighted by Crippen LogP contribution is 2.29. The van der Waals surface area contributed by atoms with Gasteiger partial charge < -0.3 is 15.0 Å². The number of anilines is 1. The molecule has 0 fully saturated rings. The predicted octanol–water partition coefficient (Wildman–Crippen LogP) is 3.88. The molecule has 0 heterocycles. The van der Waals surface area contributed by atoms with Gasteiger partial charge in [-0.15, -0.1) is 0 Å². The van der Waals surface area contributed by atoms with Crippen LogP contribution >= 0.6 is 0 Å². The normalized spacial score (nSPS) is 12.5. The second-order valence-corrected chi connectivity index (χ2v) is 11.9. The molecule has 36 heavy (non-hydrogen) atoms. The summed E-state index contributed by atoms with van der Waals surface area (Å²) in [5.74, 6) is -0.0296. The number of carbonyl (C=O) groups excluding carboxylic acids is 2. The fraction of sp³-hybridized carbons (Fsp3) is 0.481. The third kappa shape index (κ3) is 8.55. The van der Waals surface area contributed by atoms with Gasteiger partial charge in [0, 0.05) is 25.0 Å². The van der Waals surface area contributed by atoms with Crippen LogP contribution in [0.5, 0.6) is 5.75 Å². The number of aryl methyl sites for hydroxylation is 1. The molecule has 0 spiro atoms. The average molecular weight is 518 g/mol. The zero-order chi connectivity index (χ0) is 27.1. The van der Waals surface area contributed by atoms with Gasteiger partial charge in [0.25, 0.3) is 0 Å². The highest BCUT2D eigenvalue weighted by Gasteiger charge is 2.29. The van der Waals surface area contributed by atoms with Gasteiger partial charge in [0.1, 0.15) is 11.8 Å². The number of sulfonamides is 1. The molecule has 0 aliphatic carbocycles. The SMILES string of the molecule is COc1ccccc1N(CCCC(=O)N(Cc1ccc(C)cc1)C(C)C(=O)NC(C)(C)C)S(C)(=O)=O. The van der Waals surface area contributed by atoms with Crippen molar-refractivity contribution in [1.29, 1.82) is 0 Å². The van der Waals surface area contributed by atoms with Crippen LogP contribution in [0.25, 0.3) is 0 Å². The number of carbonyl (C=O) groups is 2. The van der Waals surface area contributed by atoms with E-state index < -0.39 is 21.6 Å². The van der Waals surface area contributed by atoms with Gasteiger partial charge in [-0.05, 0) is 58.7 Å². The minimum Gasteiger partial charge on any atom is -0.495 e. The second kappa shape index (κ2) is 12.3. The first-order valence-electron chi connectivity index (χ1n) is 12.0. The van der Waals surface area contributed by atoms with Crippen LogP contribution < -0.4 is 14.4 Å². The molecule has 1 unspecified atom stereocenters. The largest absolute Gasteiger partial charge is 0.495 e. The molecule has 1 N–H and O–H groups in total. The third-order valence-corrected chi connectivity index (χ3v) is 6.82. The van der Waals surface area contributed by atoms with Crippen LogP contribution in [0.3, 0.4) is 0 Å². The maximum Gasteiger partial charge on any atom is 0.242 e. The highest BCUT2D eigenvalue weighted by atomic mass is 32.2. The second-order valence-electron chi connectivity index (χ2n) is 10.0. The lowest BCUT2D eigenvalue weighted by Crippen LogP contribution is -2.52. The summed E-state index contributed by atoms with van der Waals surface area (Å²) < 4.78 is 31.6. The Bertz CT molecular complexity index is 1140. The van der Waals surface area contributed by atoms with Crippen molar-refractivity contribution >= 4 is 27.5 Å². The predicted molar refractivity (Wildman–Crippen MR) is 144 cm³/mol.